The summed E-state index contributed by atoms with van der Waals surface area (Å²) >= 11 is 0. The lowest BCUT2D eigenvalue weighted by atomic mass is 10.1. The van der Waals surface area contributed by atoms with Crippen molar-refractivity contribution in [2.24, 2.45) is 0 Å². The molecule has 0 fully saturated rings. The van der Waals surface area contributed by atoms with Crippen molar-refractivity contribution in [2.45, 2.75) is 46.6 Å². The third-order valence-electron chi connectivity index (χ3n) is 5.06. The van der Waals surface area contributed by atoms with Gasteiger partial charge in [0.2, 0.25) is 5.91 Å². The highest BCUT2D eigenvalue weighted by Gasteiger charge is 2.28. The van der Waals surface area contributed by atoms with Crippen LogP contribution < -0.4 is 10.1 Å². The third kappa shape index (κ3) is 6.63. The van der Waals surface area contributed by atoms with E-state index in [4.69, 9.17) is 4.74 Å². The minimum atomic E-state index is -0.505. The molecule has 1 unspecified atom stereocenters. The van der Waals surface area contributed by atoms with Gasteiger partial charge in [0.05, 0.1) is 0 Å². The van der Waals surface area contributed by atoms with Crippen molar-refractivity contribution < 1.29 is 14.3 Å². The van der Waals surface area contributed by atoms with Gasteiger partial charge in [-0.2, -0.15) is 0 Å². The molecule has 0 spiro atoms. The number of benzene rings is 2. The van der Waals surface area contributed by atoms with Gasteiger partial charge in [0.1, 0.15) is 11.8 Å². The van der Waals surface area contributed by atoms with Crippen molar-refractivity contribution in [1.29, 1.82) is 0 Å². The second kappa shape index (κ2) is 11.2. The first-order valence-corrected chi connectivity index (χ1v) is 10.3. The zero-order chi connectivity index (χ0) is 21.2. The Balaban J connectivity index is 2.11. The van der Waals surface area contributed by atoms with Crippen LogP contribution in [0.2, 0.25) is 0 Å². The van der Waals surface area contributed by atoms with Gasteiger partial charge in [0.15, 0.2) is 6.61 Å². The monoisotopic (exact) mass is 396 g/mol. The van der Waals surface area contributed by atoms with E-state index in [1.54, 1.807) is 4.90 Å². The summed E-state index contributed by atoms with van der Waals surface area (Å²) < 4.78 is 5.75. The molecule has 0 saturated carbocycles. The molecule has 156 valence electrons. The zero-order valence-electron chi connectivity index (χ0n) is 17.9. The van der Waals surface area contributed by atoms with Gasteiger partial charge in [-0.25, -0.2) is 0 Å². The first-order valence-electron chi connectivity index (χ1n) is 10.3. The lowest BCUT2D eigenvalue weighted by Crippen LogP contribution is -2.51. The Labute approximate surface area is 174 Å². The molecular weight excluding hydrogens is 364 g/mol. The van der Waals surface area contributed by atoms with Crippen LogP contribution >= 0.6 is 0 Å². The molecule has 0 saturated heterocycles. The molecule has 0 aliphatic carbocycles. The van der Waals surface area contributed by atoms with E-state index in [0.717, 1.165) is 11.1 Å². The van der Waals surface area contributed by atoms with Crippen LogP contribution in [0.25, 0.3) is 0 Å². The van der Waals surface area contributed by atoms with Crippen LogP contribution in [0.5, 0.6) is 5.75 Å². The number of carbonyl (C=O) groups excluding carboxylic acids is 2. The summed E-state index contributed by atoms with van der Waals surface area (Å²) in [6.07, 6.45) is 1.24. The number of amides is 2. The average Bonchev–Trinajstić information content (AvgIpc) is 2.72. The van der Waals surface area contributed by atoms with Crippen molar-refractivity contribution in [1.82, 2.24) is 10.2 Å². The average molecular weight is 397 g/mol. The number of ether oxygens (including phenoxy) is 1. The number of rotatable bonds is 10. The number of nitrogens with zero attached hydrogens (tertiary/aromatic N) is 1. The van der Waals surface area contributed by atoms with E-state index >= 15 is 0 Å². The zero-order valence-corrected chi connectivity index (χ0v) is 17.9. The van der Waals surface area contributed by atoms with Gasteiger partial charge in [-0.3, -0.25) is 9.59 Å². The summed E-state index contributed by atoms with van der Waals surface area (Å²) in [6, 6.07) is 15.2. The molecule has 0 heterocycles. The normalized spacial score (nSPS) is 11.6. The van der Waals surface area contributed by atoms with E-state index in [2.05, 4.69) is 5.32 Å². The van der Waals surface area contributed by atoms with Gasteiger partial charge in [0.25, 0.3) is 5.91 Å². The van der Waals surface area contributed by atoms with Crippen LogP contribution in [0.15, 0.2) is 48.5 Å². The second-order valence-electron chi connectivity index (χ2n) is 7.18. The minimum Gasteiger partial charge on any atom is -0.484 e. The summed E-state index contributed by atoms with van der Waals surface area (Å²) in [4.78, 5) is 27.2. The predicted octanol–water partition coefficient (Wildman–Crippen LogP) is 3.67. The molecule has 0 aliphatic heterocycles. The molecule has 29 heavy (non-hydrogen) atoms. The van der Waals surface area contributed by atoms with E-state index < -0.39 is 6.04 Å². The highest BCUT2D eigenvalue weighted by atomic mass is 16.5. The molecule has 1 N–H and O–H groups in total. The van der Waals surface area contributed by atoms with Crippen LogP contribution in [-0.2, 0) is 16.0 Å². The van der Waals surface area contributed by atoms with Crippen molar-refractivity contribution in [3.63, 3.8) is 0 Å². The number of carbonyl (C=O) groups is 2. The molecule has 5 heteroatoms. The molecular formula is C24H32N2O3. The third-order valence-corrected chi connectivity index (χ3v) is 5.06. The summed E-state index contributed by atoms with van der Waals surface area (Å²) in [5.74, 6) is 0.357. The molecule has 5 nitrogen and oxygen atoms in total. The molecule has 0 aromatic heterocycles. The van der Waals surface area contributed by atoms with Crippen molar-refractivity contribution >= 4 is 11.8 Å². The molecule has 0 aliphatic rings. The number of aryl methyl sites for hydroxylation is 2. The van der Waals surface area contributed by atoms with Crippen LogP contribution in [0, 0.1) is 13.8 Å². The minimum absolute atomic E-state index is 0.0901. The highest BCUT2D eigenvalue weighted by Crippen LogP contribution is 2.17. The fourth-order valence-electron chi connectivity index (χ4n) is 3.22. The van der Waals surface area contributed by atoms with Crippen LogP contribution in [0.3, 0.4) is 0 Å². The fraction of sp³-hybridized carbons (Fsp3) is 0.417. The van der Waals surface area contributed by atoms with Crippen LogP contribution in [0.4, 0.5) is 0 Å². The fourth-order valence-corrected chi connectivity index (χ4v) is 3.22. The smallest absolute Gasteiger partial charge is 0.261 e. The molecule has 2 amide bonds. The Morgan fingerprint density at radius 2 is 1.76 bits per heavy atom. The molecule has 0 bridgehead atoms. The van der Waals surface area contributed by atoms with E-state index in [1.165, 1.54) is 5.56 Å². The van der Waals surface area contributed by atoms with Crippen LogP contribution in [0.1, 0.15) is 37.0 Å². The van der Waals surface area contributed by atoms with E-state index in [9.17, 15) is 9.59 Å². The van der Waals surface area contributed by atoms with Crippen LogP contribution in [-0.4, -0.2) is 42.5 Å². The molecule has 2 aromatic rings. The summed E-state index contributed by atoms with van der Waals surface area (Å²) in [7, 11) is 0. The maximum absolute atomic E-state index is 13.0. The largest absolute Gasteiger partial charge is 0.484 e. The lowest BCUT2D eigenvalue weighted by molar-refractivity contribution is -0.142. The van der Waals surface area contributed by atoms with Gasteiger partial charge in [-0.05, 0) is 62.4 Å². The van der Waals surface area contributed by atoms with Gasteiger partial charge in [-0.1, -0.05) is 43.3 Å². The number of nitrogens with one attached hydrogen (secondary N) is 1. The number of hydrogen-bond acceptors (Lipinski definition) is 3. The summed E-state index contributed by atoms with van der Waals surface area (Å²) in [5.41, 5.74) is 3.42. The van der Waals surface area contributed by atoms with Crippen molar-refractivity contribution in [2.75, 3.05) is 19.7 Å². The van der Waals surface area contributed by atoms with Crippen molar-refractivity contribution in [3.8, 4) is 5.75 Å². The highest BCUT2D eigenvalue weighted by molar-refractivity contribution is 5.88. The maximum Gasteiger partial charge on any atom is 0.261 e. The van der Waals surface area contributed by atoms with Crippen molar-refractivity contribution in [3.05, 3.63) is 65.2 Å². The number of likely N-dealkylation sites (N-methyl/N-ethyl adjacent to an activating group) is 1. The second-order valence-corrected chi connectivity index (χ2v) is 7.18. The first-order chi connectivity index (χ1) is 14.0. The Kier molecular flexibility index (Phi) is 8.71. The summed E-state index contributed by atoms with van der Waals surface area (Å²) in [6.45, 7) is 8.76. The van der Waals surface area contributed by atoms with Gasteiger partial charge in [0, 0.05) is 13.1 Å². The standard InChI is InChI=1S/C24H32N2O3/c1-5-22(24(28)25-6-2)26(15-14-20-10-8-7-9-11-20)23(27)17-29-21-13-12-18(3)19(4)16-21/h7-13,16,22H,5-6,14-15,17H2,1-4H3,(H,25,28). The maximum atomic E-state index is 13.0. The van der Waals surface area contributed by atoms with Gasteiger partial charge < -0.3 is 15.0 Å². The predicted molar refractivity (Wildman–Crippen MR) is 116 cm³/mol. The number of hydrogen-bond donors (Lipinski definition) is 1. The molecule has 2 rings (SSSR count). The Bertz CT molecular complexity index is 805. The molecule has 1 atom stereocenters. The molecule has 2 aromatic carbocycles. The lowest BCUT2D eigenvalue weighted by Gasteiger charge is -2.30. The Hall–Kier alpha value is -2.82. The van der Waals surface area contributed by atoms with Gasteiger partial charge in [-0.15, -0.1) is 0 Å². The summed E-state index contributed by atoms with van der Waals surface area (Å²) in [5, 5.41) is 2.84. The Morgan fingerprint density at radius 1 is 1.03 bits per heavy atom. The molecule has 0 radical (unpaired) electrons. The topological polar surface area (TPSA) is 58.6 Å². The van der Waals surface area contributed by atoms with E-state index in [0.29, 0.717) is 31.7 Å². The van der Waals surface area contributed by atoms with E-state index in [-0.39, 0.29) is 18.4 Å². The quantitative estimate of drug-likeness (QED) is 0.667. The SMILES string of the molecule is CCNC(=O)C(CC)N(CCc1ccccc1)C(=O)COc1ccc(C)c(C)c1. The van der Waals surface area contributed by atoms with Gasteiger partial charge >= 0.3 is 0 Å². The first kappa shape index (κ1) is 22.5. The van der Waals surface area contributed by atoms with E-state index in [1.807, 2.05) is 76.2 Å². The Morgan fingerprint density at radius 3 is 2.38 bits per heavy atom.